The topological polar surface area (TPSA) is 56.0 Å². The quantitative estimate of drug-likeness (QED) is 0.471. The van der Waals surface area contributed by atoms with Crippen molar-refractivity contribution in [3.63, 3.8) is 0 Å². The Kier molecular flexibility index (Phi) is 4.85. The van der Waals surface area contributed by atoms with E-state index in [0.29, 0.717) is 5.89 Å². The molecule has 4 nitrogen and oxygen atoms in total. The molecule has 0 bridgehead atoms. The number of ketones is 1. The SMILES string of the molecule is CC(=O)C(c1ccc(-c2ncco2)cc1)(c1ccnc(C)c1)c1ccccc1C. The van der Waals surface area contributed by atoms with Gasteiger partial charge in [0, 0.05) is 17.5 Å². The van der Waals surface area contributed by atoms with Gasteiger partial charge in [-0.25, -0.2) is 4.98 Å². The molecular weight excluding hydrogens is 360 g/mol. The second kappa shape index (κ2) is 7.47. The van der Waals surface area contributed by atoms with Gasteiger partial charge in [0.25, 0.3) is 0 Å². The Morgan fingerprint density at radius 3 is 2.28 bits per heavy atom. The fourth-order valence-corrected chi connectivity index (χ4v) is 4.08. The van der Waals surface area contributed by atoms with Gasteiger partial charge in [-0.15, -0.1) is 0 Å². The average Bonchev–Trinajstić information content (AvgIpc) is 3.25. The summed E-state index contributed by atoms with van der Waals surface area (Å²) < 4.78 is 5.41. The van der Waals surface area contributed by atoms with Gasteiger partial charge in [0.2, 0.25) is 5.89 Å². The lowest BCUT2D eigenvalue weighted by atomic mass is 9.66. The number of hydrogen-bond donors (Lipinski definition) is 0. The zero-order valence-electron chi connectivity index (χ0n) is 16.7. The fraction of sp³-hybridized carbons (Fsp3) is 0.160. The Balaban J connectivity index is 2.00. The number of nitrogens with zero attached hydrogens (tertiary/aromatic N) is 2. The summed E-state index contributed by atoms with van der Waals surface area (Å²) in [6.45, 7) is 5.64. The summed E-state index contributed by atoms with van der Waals surface area (Å²) in [4.78, 5) is 21.9. The highest BCUT2D eigenvalue weighted by Crippen LogP contribution is 2.42. The van der Waals surface area contributed by atoms with E-state index in [0.717, 1.165) is 33.5 Å². The number of rotatable bonds is 5. The van der Waals surface area contributed by atoms with Crippen LogP contribution >= 0.6 is 0 Å². The van der Waals surface area contributed by atoms with E-state index in [1.165, 1.54) is 0 Å². The second-order valence-corrected chi connectivity index (χ2v) is 7.22. The average molecular weight is 382 g/mol. The normalized spacial score (nSPS) is 13.1. The molecule has 0 fully saturated rings. The molecule has 4 aromatic rings. The lowest BCUT2D eigenvalue weighted by Gasteiger charge is -2.34. The first-order chi connectivity index (χ1) is 14.0. The Bertz CT molecular complexity index is 1150. The molecule has 0 saturated carbocycles. The summed E-state index contributed by atoms with van der Waals surface area (Å²) in [7, 11) is 0. The van der Waals surface area contributed by atoms with Crippen molar-refractivity contribution in [1.82, 2.24) is 9.97 Å². The molecule has 0 radical (unpaired) electrons. The number of benzene rings is 2. The van der Waals surface area contributed by atoms with Crippen molar-refractivity contribution in [2.75, 3.05) is 0 Å². The molecule has 0 aliphatic heterocycles. The van der Waals surface area contributed by atoms with Crippen molar-refractivity contribution in [3.8, 4) is 11.5 Å². The van der Waals surface area contributed by atoms with Crippen LogP contribution in [0.1, 0.15) is 34.9 Å². The standard InChI is InChI=1S/C25H22N2O2/c1-17-6-4-5-7-23(17)25(19(3)28,22-12-13-26-18(2)16-22)21-10-8-20(9-11-21)24-27-14-15-29-24/h4-16H,1-3H3. The van der Waals surface area contributed by atoms with E-state index in [1.807, 2.05) is 74.5 Å². The van der Waals surface area contributed by atoms with Crippen molar-refractivity contribution in [1.29, 1.82) is 0 Å². The molecule has 0 amide bonds. The largest absolute Gasteiger partial charge is 0.445 e. The third-order valence-corrected chi connectivity index (χ3v) is 5.40. The monoisotopic (exact) mass is 382 g/mol. The number of carbonyl (C=O) groups is 1. The predicted molar refractivity (Wildman–Crippen MR) is 113 cm³/mol. The summed E-state index contributed by atoms with van der Waals surface area (Å²) in [5.74, 6) is 0.613. The smallest absolute Gasteiger partial charge is 0.225 e. The van der Waals surface area contributed by atoms with Gasteiger partial charge in [0.1, 0.15) is 17.5 Å². The van der Waals surface area contributed by atoms with E-state index < -0.39 is 5.41 Å². The van der Waals surface area contributed by atoms with Crippen LogP contribution in [0.15, 0.2) is 83.7 Å². The predicted octanol–water partition coefficient (Wildman–Crippen LogP) is 5.28. The lowest BCUT2D eigenvalue weighted by molar-refractivity contribution is -0.119. The Hall–Kier alpha value is -3.53. The summed E-state index contributed by atoms with van der Waals surface area (Å²) in [5.41, 5.74) is 4.67. The van der Waals surface area contributed by atoms with Crippen molar-refractivity contribution in [2.24, 2.45) is 0 Å². The van der Waals surface area contributed by atoms with Crippen LogP contribution < -0.4 is 0 Å². The van der Waals surface area contributed by atoms with Crippen molar-refractivity contribution in [3.05, 3.63) is 107 Å². The van der Waals surface area contributed by atoms with Crippen LogP contribution in [0.4, 0.5) is 0 Å². The highest BCUT2D eigenvalue weighted by atomic mass is 16.3. The zero-order valence-corrected chi connectivity index (χ0v) is 16.7. The summed E-state index contributed by atoms with van der Waals surface area (Å²) in [5, 5.41) is 0. The highest BCUT2D eigenvalue weighted by molar-refractivity contribution is 5.96. The number of carbonyl (C=O) groups excluding carboxylic acids is 1. The van der Waals surface area contributed by atoms with Crippen LogP contribution in [-0.2, 0) is 10.2 Å². The van der Waals surface area contributed by atoms with Gasteiger partial charge in [-0.05, 0) is 67.3 Å². The molecule has 0 N–H and O–H groups in total. The van der Waals surface area contributed by atoms with E-state index in [9.17, 15) is 4.79 Å². The molecule has 0 spiro atoms. The second-order valence-electron chi connectivity index (χ2n) is 7.22. The first-order valence-electron chi connectivity index (χ1n) is 9.54. The van der Waals surface area contributed by atoms with Crippen molar-refractivity contribution in [2.45, 2.75) is 26.2 Å². The van der Waals surface area contributed by atoms with Gasteiger partial charge in [-0.3, -0.25) is 9.78 Å². The molecule has 1 unspecified atom stereocenters. The third kappa shape index (κ3) is 3.17. The molecule has 144 valence electrons. The number of pyridine rings is 1. The number of oxazole rings is 1. The molecule has 2 aromatic heterocycles. The van der Waals surface area contributed by atoms with Gasteiger partial charge in [0.15, 0.2) is 0 Å². The van der Waals surface area contributed by atoms with Gasteiger partial charge < -0.3 is 4.42 Å². The summed E-state index contributed by atoms with van der Waals surface area (Å²) in [6.07, 6.45) is 4.94. The molecule has 0 aliphatic carbocycles. The molecule has 0 saturated heterocycles. The molecule has 4 rings (SSSR count). The molecule has 4 heteroatoms. The molecule has 0 aliphatic rings. The molecule has 29 heavy (non-hydrogen) atoms. The van der Waals surface area contributed by atoms with Gasteiger partial charge in [-0.2, -0.15) is 0 Å². The van der Waals surface area contributed by atoms with Crippen LogP contribution in [0, 0.1) is 13.8 Å². The lowest BCUT2D eigenvalue weighted by Crippen LogP contribution is -2.37. The number of hydrogen-bond acceptors (Lipinski definition) is 4. The van der Waals surface area contributed by atoms with Crippen LogP contribution in [-0.4, -0.2) is 15.8 Å². The minimum atomic E-state index is -0.922. The van der Waals surface area contributed by atoms with Crippen LogP contribution in [0.5, 0.6) is 0 Å². The van der Waals surface area contributed by atoms with E-state index in [4.69, 9.17) is 4.42 Å². The molecule has 2 heterocycles. The number of aryl methyl sites for hydroxylation is 2. The first kappa shape index (κ1) is 18.8. The maximum absolute atomic E-state index is 13.4. The van der Waals surface area contributed by atoms with Crippen molar-refractivity contribution < 1.29 is 9.21 Å². The Morgan fingerprint density at radius 2 is 1.66 bits per heavy atom. The Morgan fingerprint density at radius 1 is 0.897 bits per heavy atom. The molecular formula is C25H22N2O2. The minimum absolute atomic E-state index is 0.0567. The number of Topliss-reactive ketones (excluding diaryl/α,β-unsaturated/α-hetero) is 1. The van der Waals surface area contributed by atoms with Gasteiger partial charge in [-0.1, -0.05) is 36.4 Å². The Labute approximate surface area is 170 Å². The van der Waals surface area contributed by atoms with Gasteiger partial charge in [0.05, 0.1) is 6.20 Å². The minimum Gasteiger partial charge on any atom is -0.445 e. The van der Waals surface area contributed by atoms with Gasteiger partial charge >= 0.3 is 0 Å². The van der Waals surface area contributed by atoms with Crippen molar-refractivity contribution >= 4 is 5.78 Å². The number of aromatic nitrogens is 2. The van der Waals surface area contributed by atoms with E-state index in [1.54, 1.807) is 25.6 Å². The fourth-order valence-electron chi connectivity index (χ4n) is 4.08. The highest BCUT2D eigenvalue weighted by Gasteiger charge is 2.42. The van der Waals surface area contributed by atoms with Crippen LogP contribution in [0.3, 0.4) is 0 Å². The maximum Gasteiger partial charge on any atom is 0.225 e. The summed E-state index contributed by atoms with van der Waals surface area (Å²) >= 11 is 0. The summed E-state index contributed by atoms with van der Waals surface area (Å²) in [6, 6.07) is 19.9. The van der Waals surface area contributed by atoms with Crippen LogP contribution in [0.25, 0.3) is 11.5 Å². The first-order valence-corrected chi connectivity index (χ1v) is 9.54. The van der Waals surface area contributed by atoms with Crippen LogP contribution in [0.2, 0.25) is 0 Å². The van der Waals surface area contributed by atoms with E-state index in [-0.39, 0.29) is 5.78 Å². The molecule has 1 atom stereocenters. The van der Waals surface area contributed by atoms with E-state index in [2.05, 4.69) is 9.97 Å². The third-order valence-electron chi connectivity index (χ3n) is 5.40. The molecule has 2 aromatic carbocycles. The van der Waals surface area contributed by atoms with E-state index >= 15 is 0 Å². The zero-order chi connectivity index (χ0) is 20.4. The maximum atomic E-state index is 13.4.